The van der Waals surface area contributed by atoms with E-state index in [9.17, 15) is 19.2 Å². The van der Waals surface area contributed by atoms with E-state index in [2.05, 4.69) is 24.4 Å². The van der Waals surface area contributed by atoms with E-state index in [0.717, 1.165) is 64.9 Å². The van der Waals surface area contributed by atoms with Gasteiger partial charge in [-0.2, -0.15) is 0 Å². The Morgan fingerprint density at radius 2 is 1.49 bits per heavy atom. The molecule has 1 N–H and O–H groups in total. The molecule has 5 aromatic rings. The number of hydrogen-bond acceptors (Lipinski definition) is 10. The van der Waals surface area contributed by atoms with E-state index >= 15 is 0 Å². The number of ether oxygens (including phenoxy) is 3. The molecule has 0 aliphatic carbocycles. The molecule has 67 heavy (non-hydrogen) atoms. The molecule has 11 nitrogen and oxygen atoms in total. The van der Waals surface area contributed by atoms with Gasteiger partial charge in [-0.25, -0.2) is 0 Å². The lowest BCUT2D eigenvalue weighted by Crippen LogP contribution is -2.37. The SMILES string of the molecule is CCC(=O)CCC(C)SSC(C)(C)C(=O)Nc1cc(COc2cc3c(cc2C)C(=O)N2c4ccccc4C[C@H]2C=N3)cc(COc2cc3c(cc2OC)C(=O)N2c4ccccc4C[C@H]2CC3)c1. The van der Waals surface area contributed by atoms with Crippen LogP contribution in [0, 0.1) is 6.92 Å². The van der Waals surface area contributed by atoms with E-state index < -0.39 is 4.75 Å². The summed E-state index contributed by atoms with van der Waals surface area (Å²) >= 11 is 0. The number of benzene rings is 5. The van der Waals surface area contributed by atoms with Gasteiger partial charge in [0, 0.05) is 65.5 Å². The van der Waals surface area contributed by atoms with Gasteiger partial charge in [0.05, 0.1) is 29.1 Å². The van der Waals surface area contributed by atoms with Crippen LogP contribution >= 0.6 is 21.6 Å². The monoisotopic (exact) mass is 936 g/mol. The second-order valence-electron chi connectivity index (χ2n) is 18.4. The first-order valence-corrected chi connectivity index (χ1v) is 25.3. The minimum absolute atomic E-state index is 0.0323. The number of Topliss-reactive ketones (excluding diaryl/α,β-unsaturated/α-hetero) is 1. The number of carbonyl (C=O) groups excluding carboxylic acids is 4. The summed E-state index contributed by atoms with van der Waals surface area (Å²) in [5.41, 5.74) is 9.77. The summed E-state index contributed by atoms with van der Waals surface area (Å²) in [7, 11) is 4.69. The van der Waals surface area contributed by atoms with Crippen molar-refractivity contribution < 1.29 is 33.4 Å². The highest BCUT2D eigenvalue weighted by atomic mass is 33.1. The van der Waals surface area contributed by atoms with E-state index in [1.54, 1.807) is 24.0 Å². The van der Waals surface area contributed by atoms with Crippen LogP contribution in [0.2, 0.25) is 0 Å². The van der Waals surface area contributed by atoms with Crippen LogP contribution < -0.4 is 29.3 Å². The Balaban J connectivity index is 0.956. The molecule has 0 spiro atoms. The number of rotatable bonds is 16. The van der Waals surface area contributed by atoms with Gasteiger partial charge < -0.3 is 24.4 Å². The molecule has 0 bridgehead atoms. The van der Waals surface area contributed by atoms with Crippen molar-refractivity contribution in [2.45, 2.75) is 115 Å². The van der Waals surface area contributed by atoms with E-state index in [-0.39, 0.29) is 54.1 Å². The van der Waals surface area contributed by atoms with E-state index in [4.69, 9.17) is 19.2 Å². The molecule has 0 saturated heterocycles. The summed E-state index contributed by atoms with van der Waals surface area (Å²) in [4.78, 5) is 62.6. The van der Waals surface area contributed by atoms with Gasteiger partial charge >= 0.3 is 0 Å². The van der Waals surface area contributed by atoms with Gasteiger partial charge in [0.1, 0.15) is 24.7 Å². The third-order valence-electron chi connectivity index (χ3n) is 13.1. The lowest BCUT2D eigenvalue weighted by atomic mass is 9.99. The van der Waals surface area contributed by atoms with Crippen LogP contribution in [0.25, 0.3) is 0 Å². The normalized spacial score (nSPS) is 17.3. The lowest BCUT2D eigenvalue weighted by molar-refractivity contribution is -0.119. The van der Waals surface area contributed by atoms with Crippen LogP contribution in [0.15, 0.2) is 96.0 Å². The van der Waals surface area contributed by atoms with Gasteiger partial charge in [-0.15, -0.1) is 0 Å². The van der Waals surface area contributed by atoms with E-state index in [0.29, 0.717) is 59.0 Å². The Kier molecular flexibility index (Phi) is 13.3. The van der Waals surface area contributed by atoms with Crippen molar-refractivity contribution in [3.8, 4) is 17.2 Å². The summed E-state index contributed by atoms with van der Waals surface area (Å²) in [5.74, 6) is 1.53. The number of aliphatic imine (C=N–C) groups is 1. The summed E-state index contributed by atoms with van der Waals surface area (Å²) in [5, 5.41) is 3.37. The predicted octanol–water partition coefficient (Wildman–Crippen LogP) is 11.2. The lowest BCUT2D eigenvalue weighted by Gasteiger charge is -2.24. The number of methoxy groups -OCH3 is 1. The number of amides is 3. The fourth-order valence-electron chi connectivity index (χ4n) is 9.33. The second kappa shape index (κ2) is 19.3. The van der Waals surface area contributed by atoms with Crippen LogP contribution in [-0.4, -0.2) is 58.9 Å². The minimum Gasteiger partial charge on any atom is -0.493 e. The van der Waals surface area contributed by atoms with Crippen molar-refractivity contribution in [1.82, 2.24) is 0 Å². The van der Waals surface area contributed by atoms with Crippen LogP contribution in [0.5, 0.6) is 17.2 Å². The number of carbonyl (C=O) groups is 4. The summed E-state index contributed by atoms with van der Waals surface area (Å²) in [6, 6.07) is 29.3. The first kappa shape index (κ1) is 46.1. The Hall–Kier alpha value is -6.05. The predicted molar refractivity (Wildman–Crippen MR) is 269 cm³/mol. The fourth-order valence-corrected chi connectivity index (χ4v) is 11.8. The van der Waals surface area contributed by atoms with Crippen molar-refractivity contribution in [1.29, 1.82) is 0 Å². The maximum Gasteiger partial charge on any atom is 0.261 e. The molecule has 5 aromatic carbocycles. The second-order valence-corrected chi connectivity index (χ2v) is 21.6. The molecule has 0 saturated carbocycles. The highest BCUT2D eigenvalue weighted by Crippen LogP contribution is 2.43. The van der Waals surface area contributed by atoms with Crippen molar-refractivity contribution in [3.05, 3.63) is 136 Å². The molecular formula is C54H56N4O7S2. The van der Waals surface area contributed by atoms with E-state index in [1.807, 2.05) is 117 Å². The Morgan fingerprint density at radius 1 is 0.821 bits per heavy atom. The summed E-state index contributed by atoms with van der Waals surface area (Å²) in [6.45, 7) is 9.98. The van der Waals surface area contributed by atoms with Crippen LogP contribution in [0.3, 0.4) is 0 Å². The van der Waals surface area contributed by atoms with Crippen molar-refractivity contribution >= 4 is 74.1 Å². The average Bonchev–Trinajstić information content (AvgIpc) is 3.82. The smallest absolute Gasteiger partial charge is 0.261 e. The third kappa shape index (κ3) is 9.58. The van der Waals surface area contributed by atoms with Gasteiger partial charge in [-0.3, -0.25) is 29.1 Å². The van der Waals surface area contributed by atoms with Gasteiger partial charge in [0.25, 0.3) is 11.8 Å². The molecule has 9 rings (SSSR count). The van der Waals surface area contributed by atoms with Crippen LogP contribution in [0.1, 0.15) is 107 Å². The van der Waals surface area contributed by atoms with Crippen molar-refractivity contribution in [2.24, 2.45) is 4.99 Å². The highest BCUT2D eigenvalue weighted by Gasteiger charge is 2.39. The van der Waals surface area contributed by atoms with Gasteiger partial charge in [0.15, 0.2) is 11.5 Å². The zero-order valence-corrected chi connectivity index (χ0v) is 40.5. The fraction of sp³-hybridized carbons (Fsp3) is 0.352. The number of para-hydroxylation sites is 2. The molecule has 0 radical (unpaired) electrons. The maximum atomic E-state index is 14.1. The number of nitrogens with one attached hydrogen (secondary N) is 1. The molecular weight excluding hydrogens is 881 g/mol. The number of ketones is 1. The number of hydrogen-bond donors (Lipinski definition) is 1. The summed E-state index contributed by atoms with van der Waals surface area (Å²) < 4.78 is 18.1. The van der Waals surface area contributed by atoms with Gasteiger partial charge in [-0.05, 0) is 128 Å². The Labute approximate surface area is 400 Å². The topological polar surface area (TPSA) is 127 Å². The van der Waals surface area contributed by atoms with Gasteiger partial charge in [-0.1, -0.05) is 71.8 Å². The average molecular weight is 937 g/mol. The first-order chi connectivity index (χ1) is 32.3. The van der Waals surface area contributed by atoms with Crippen LogP contribution in [-0.2, 0) is 42.1 Å². The molecule has 1 unspecified atom stereocenters. The zero-order valence-electron chi connectivity index (χ0n) is 38.8. The van der Waals surface area contributed by atoms with Crippen molar-refractivity contribution in [2.75, 3.05) is 22.2 Å². The molecule has 13 heteroatoms. The molecule has 0 aromatic heterocycles. The van der Waals surface area contributed by atoms with Gasteiger partial charge in [0.2, 0.25) is 5.91 Å². The zero-order chi connectivity index (χ0) is 47.0. The molecule has 0 fully saturated rings. The highest BCUT2D eigenvalue weighted by molar-refractivity contribution is 8.77. The molecule has 3 atom stereocenters. The largest absolute Gasteiger partial charge is 0.493 e. The Morgan fingerprint density at radius 3 is 2.21 bits per heavy atom. The van der Waals surface area contributed by atoms with Crippen molar-refractivity contribution in [3.63, 3.8) is 0 Å². The quantitative estimate of drug-likeness (QED) is 0.0962. The standard InChI is InChI=1S/C54H56N4O7S2/c1-7-42(59)19-16-33(3)66-67-54(4,5)53(62)56-39-22-34(30-64-48-28-45-44(20-32(48)2)52(61)58-41(29-55-45)25-38-13-9-11-15-47(38)58)21-35(23-39)31-65-50-26-36-17-18-40-24-37-12-8-10-14-46(37)57(40)51(60)43(36)27-49(50)63-6/h8-15,20-23,26-29,33,40-41H,7,16-19,24-25,30-31H2,1-6H3,(H,56,62)/t33?,40-,41+/m1/s1. The summed E-state index contributed by atoms with van der Waals surface area (Å²) in [6.07, 6.45) is 6.76. The third-order valence-corrected chi connectivity index (χ3v) is 16.9. The minimum atomic E-state index is -0.797. The molecule has 4 aliphatic heterocycles. The molecule has 4 aliphatic rings. The van der Waals surface area contributed by atoms with Crippen LogP contribution in [0.4, 0.5) is 22.7 Å². The first-order valence-electron chi connectivity index (χ1n) is 23.1. The maximum absolute atomic E-state index is 14.1. The Bertz CT molecular complexity index is 2810. The number of fused-ring (bicyclic) bond motifs is 8. The molecule has 3 amide bonds. The number of nitrogens with zero attached hydrogens (tertiary/aromatic N) is 3. The number of aryl methyl sites for hydroxylation is 2. The molecule has 346 valence electrons. The molecule has 4 heterocycles. The van der Waals surface area contributed by atoms with E-state index in [1.165, 1.54) is 16.4 Å². The number of anilines is 3.